The minimum absolute atomic E-state index is 0.0891. The Morgan fingerprint density at radius 2 is 1.57 bits per heavy atom. The Labute approximate surface area is 140 Å². The van der Waals surface area contributed by atoms with Crippen LogP contribution in [0.1, 0.15) is 52.4 Å². The summed E-state index contributed by atoms with van der Waals surface area (Å²) in [6.45, 7) is 5.59. The van der Waals surface area contributed by atoms with Crippen molar-refractivity contribution in [1.29, 1.82) is 0 Å². The van der Waals surface area contributed by atoms with Crippen molar-refractivity contribution in [2.45, 2.75) is 58.4 Å². The lowest BCUT2D eigenvalue weighted by molar-refractivity contribution is -0.944. The summed E-state index contributed by atoms with van der Waals surface area (Å²) in [5.41, 5.74) is 0. The fraction of sp³-hybridized carbons (Fsp3) is 0.941. The summed E-state index contributed by atoms with van der Waals surface area (Å²) in [5, 5.41) is 29.7. The number of hydrogen-bond donors (Lipinski definition) is 2. The number of carboxylic acid groups (broad SMARTS) is 1. The number of nitrogens with zero attached hydrogens (tertiary/aromatic N) is 1. The van der Waals surface area contributed by atoms with E-state index in [1.54, 1.807) is 6.92 Å². The molecule has 0 rings (SSSR count). The highest BCUT2D eigenvalue weighted by Gasteiger charge is 2.33. The van der Waals surface area contributed by atoms with Gasteiger partial charge in [0.05, 0.1) is 25.8 Å². The third-order valence-corrected chi connectivity index (χ3v) is 4.58. The molecule has 0 saturated carbocycles. The average Bonchev–Trinajstić information content (AvgIpc) is 2.52. The zero-order chi connectivity index (χ0) is 17.6. The molecule has 0 aromatic carbocycles. The lowest BCUT2D eigenvalue weighted by atomic mass is 10.1. The van der Waals surface area contributed by atoms with Gasteiger partial charge in [0.25, 0.3) is 0 Å². The van der Waals surface area contributed by atoms with Crippen LogP contribution >= 0.6 is 0 Å². The predicted octanol–water partition coefficient (Wildman–Crippen LogP) is 0.303. The molecule has 6 heteroatoms. The molecule has 0 fully saturated rings. The largest absolute Gasteiger partial charge is 0.544 e. The maximum absolute atomic E-state index is 11.2. The molecule has 0 amide bonds. The molecule has 23 heavy (non-hydrogen) atoms. The van der Waals surface area contributed by atoms with Gasteiger partial charge in [-0.05, 0) is 13.3 Å². The minimum Gasteiger partial charge on any atom is -0.544 e. The van der Waals surface area contributed by atoms with Gasteiger partial charge in [0.15, 0.2) is 0 Å². The normalized spacial score (nSPS) is 13.2. The second-order valence-electron chi connectivity index (χ2n) is 6.21. The summed E-state index contributed by atoms with van der Waals surface area (Å²) in [4.78, 5) is 11.2. The lowest BCUT2D eigenvalue weighted by Gasteiger charge is -2.43. The Bertz CT molecular complexity index is 293. The number of carbonyl (C=O) groups excluding carboxylic acids is 1. The van der Waals surface area contributed by atoms with Crippen LogP contribution in [0.5, 0.6) is 0 Å². The SMILES string of the molecule is CCCCCCCCOCC[N+](CCO)(CCO)C(C)C(=O)[O-]. The van der Waals surface area contributed by atoms with E-state index in [2.05, 4.69) is 6.92 Å². The van der Waals surface area contributed by atoms with Crippen molar-refractivity contribution in [3.8, 4) is 0 Å². The van der Waals surface area contributed by atoms with Gasteiger partial charge < -0.3 is 29.3 Å². The number of aliphatic hydroxyl groups is 2. The van der Waals surface area contributed by atoms with Crippen LogP contribution in [0, 0.1) is 0 Å². The monoisotopic (exact) mass is 333 g/mol. The zero-order valence-electron chi connectivity index (χ0n) is 14.8. The average molecular weight is 333 g/mol. The van der Waals surface area contributed by atoms with E-state index < -0.39 is 12.0 Å². The molecule has 0 aromatic rings. The summed E-state index contributed by atoms with van der Waals surface area (Å²) in [5.74, 6) is -1.16. The van der Waals surface area contributed by atoms with Gasteiger partial charge in [-0.15, -0.1) is 0 Å². The zero-order valence-corrected chi connectivity index (χ0v) is 14.8. The van der Waals surface area contributed by atoms with E-state index >= 15 is 0 Å². The number of hydrogen-bond acceptors (Lipinski definition) is 5. The molecule has 0 heterocycles. The maximum atomic E-state index is 11.2. The molecule has 1 atom stereocenters. The van der Waals surface area contributed by atoms with Crippen molar-refractivity contribution in [2.75, 3.05) is 46.1 Å². The molecule has 2 N–H and O–H groups in total. The highest BCUT2D eigenvalue weighted by atomic mass is 16.5. The van der Waals surface area contributed by atoms with Crippen LogP contribution in [-0.2, 0) is 9.53 Å². The molecule has 0 aliphatic carbocycles. The van der Waals surface area contributed by atoms with Gasteiger partial charge in [0.1, 0.15) is 25.7 Å². The fourth-order valence-electron chi connectivity index (χ4n) is 2.87. The molecule has 0 spiro atoms. The quantitative estimate of drug-likeness (QED) is 0.313. The third-order valence-electron chi connectivity index (χ3n) is 4.58. The van der Waals surface area contributed by atoms with Gasteiger partial charge in [-0.3, -0.25) is 0 Å². The van der Waals surface area contributed by atoms with Gasteiger partial charge in [-0.1, -0.05) is 39.0 Å². The standard InChI is InChI=1S/C17H35NO5/c1-3-4-5-6-7-8-14-23-15-11-18(9-12-19,10-13-20)16(2)17(21)22/h16,19-20H,3-15H2,1-2H3. The van der Waals surface area contributed by atoms with Crippen molar-refractivity contribution in [3.05, 3.63) is 0 Å². The molecule has 0 bridgehead atoms. The first-order chi connectivity index (χ1) is 11.0. The topological polar surface area (TPSA) is 89.8 Å². The van der Waals surface area contributed by atoms with Crippen molar-refractivity contribution in [2.24, 2.45) is 0 Å². The van der Waals surface area contributed by atoms with Gasteiger partial charge in [0.2, 0.25) is 0 Å². The molecule has 6 nitrogen and oxygen atoms in total. The molecule has 0 aliphatic heterocycles. The van der Waals surface area contributed by atoms with Crippen molar-refractivity contribution in [3.63, 3.8) is 0 Å². The summed E-state index contributed by atoms with van der Waals surface area (Å²) in [6.07, 6.45) is 7.19. The van der Waals surface area contributed by atoms with Crippen LogP contribution in [0.2, 0.25) is 0 Å². The maximum Gasteiger partial charge on any atom is 0.126 e. The number of carboxylic acids is 1. The molecule has 138 valence electrons. The highest BCUT2D eigenvalue weighted by Crippen LogP contribution is 2.13. The highest BCUT2D eigenvalue weighted by molar-refractivity contribution is 5.69. The van der Waals surface area contributed by atoms with Gasteiger partial charge in [-0.25, -0.2) is 0 Å². The molecular weight excluding hydrogens is 298 g/mol. The number of carbonyl (C=O) groups is 1. The van der Waals surface area contributed by atoms with Gasteiger partial charge in [-0.2, -0.15) is 0 Å². The van der Waals surface area contributed by atoms with Gasteiger partial charge in [0, 0.05) is 6.61 Å². The number of aliphatic hydroxyl groups excluding tert-OH is 2. The van der Waals surface area contributed by atoms with E-state index in [4.69, 9.17) is 4.74 Å². The van der Waals surface area contributed by atoms with Crippen LogP contribution in [0.25, 0.3) is 0 Å². The Morgan fingerprint density at radius 1 is 1.00 bits per heavy atom. The first-order valence-electron chi connectivity index (χ1n) is 8.90. The van der Waals surface area contributed by atoms with E-state index in [0.29, 0.717) is 19.8 Å². The van der Waals surface area contributed by atoms with Crippen molar-refractivity contribution >= 4 is 5.97 Å². The van der Waals surface area contributed by atoms with Crippen molar-refractivity contribution < 1.29 is 29.3 Å². The van der Waals surface area contributed by atoms with Crippen LogP contribution in [0.15, 0.2) is 0 Å². The summed E-state index contributed by atoms with van der Waals surface area (Å²) in [6, 6.07) is -0.785. The van der Waals surface area contributed by atoms with Crippen LogP contribution in [0.4, 0.5) is 0 Å². The molecule has 0 aromatic heterocycles. The second kappa shape index (κ2) is 13.7. The second-order valence-corrected chi connectivity index (χ2v) is 6.21. The van der Waals surface area contributed by atoms with Crippen molar-refractivity contribution in [1.82, 2.24) is 0 Å². The van der Waals surface area contributed by atoms with E-state index in [1.807, 2.05) is 0 Å². The summed E-state index contributed by atoms with van der Waals surface area (Å²) >= 11 is 0. The number of aliphatic carboxylic acids is 1. The number of ether oxygens (including phenoxy) is 1. The predicted molar refractivity (Wildman–Crippen MR) is 87.7 cm³/mol. The summed E-state index contributed by atoms with van der Waals surface area (Å²) in [7, 11) is 0. The number of rotatable bonds is 16. The van der Waals surface area contributed by atoms with E-state index in [-0.39, 0.29) is 30.8 Å². The molecule has 1 unspecified atom stereocenters. The van der Waals surface area contributed by atoms with E-state index in [1.165, 1.54) is 25.7 Å². The first kappa shape index (κ1) is 22.3. The Morgan fingerprint density at radius 3 is 2.09 bits per heavy atom. The minimum atomic E-state index is -1.16. The molecule has 0 aliphatic rings. The van der Waals surface area contributed by atoms with Gasteiger partial charge >= 0.3 is 0 Å². The Kier molecular flexibility index (Phi) is 13.3. The third kappa shape index (κ3) is 9.25. The first-order valence-corrected chi connectivity index (χ1v) is 8.90. The van der Waals surface area contributed by atoms with E-state index in [9.17, 15) is 20.1 Å². The smallest absolute Gasteiger partial charge is 0.126 e. The fourth-order valence-corrected chi connectivity index (χ4v) is 2.87. The molecular formula is C17H35NO5. The van der Waals surface area contributed by atoms with Crippen LogP contribution in [0.3, 0.4) is 0 Å². The van der Waals surface area contributed by atoms with Crippen LogP contribution < -0.4 is 5.11 Å². The molecule has 0 radical (unpaired) electrons. The number of quaternary nitrogens is 1. The van der Waals surface area contributed by atoms with E-state index in [0.717, 1.165) is 12.8 Å². The Hall–Kier alpha value is -0.690. The summed E-state index contributed by atoms with van der Waals surface area (Å²) < 4.78 is 5.72. The number of unbranched alkanes of at least 4 members (excludes halogenated alkanes) is 5. The van der Waals surface area contributed by atoms with Crippen LogP contribution in [-0.4, -0.2) is 72.8 Å². The molecule has 0 saturated heterocycles. The lowest BCUT2D eigenvalue weighted by Crippen LogP contribution is -2.63. The Balaban J connectivity index is 4.16.